The number of aliphatic hydroxyl groups excluding tert-OH is 1. The van der Waals surface area contributed by atoms with E-state index in [2.05, 4.69) is 30.4 Å². The Morgan fingerprint density at radius 2 is 2.03 bits per heavy atom. The van der Waals surface area contributed by atoms with Crippen LogP contribution in [0.3, 0.4) is 0 Å². The number of nitrogens with two attached hydrogens (primary N) is 1. The molecule has 0 radical (unpaired) electrons. The Morgan fingerprint density at radius 3 is 2.76 bits per heavy atom. The first-order valence-electron chi connectivity index (χ1n) is 11.9. The van der Waals surface area contributed by atoms with Crippen molar-refractivity contribution >= 4 is 29.4 Å². The Bertz CT molecular complexity index is 1530. The van der Waals surface area contributed by atoms with E-state index in [9.17, 15) is 9.90 Å². The molecule has 3 heterocycles. The number of hydrogen-bond donors (Lipinski definition) is 3. The summed E-state index contributed by atoms with van der Waals surface area (Å²) in [5.74, 6) is 0.00754. The fraction of sp³-hybridized carbons (Fsp3) is 0.280. The minimum Gasteiger partial charge on any atom is -0.392 e. The molecule has 188 valence electrons. The van der Waals surface area contributed by atoms with Crippen LogP contribution in [0.1, 0.15) is 45.8 Å². The molecule has 1 fully saturated rings. The number of nitrogen functional groups attached to an aromatic ring is 1. The van der Waals surface area contributed by atoms with Gasteiger partial charge in [0.1, 0.15) is 12.1 Å². The molecule has 37 heavy (non-hydrogen) atoms. The lowest BCUT2D eigenvalue weighted by molar-refractivity contribution is 0.0976. The van der Waals surface area contributed by atoms with E-state index >= 15 is 4.39 Å². The zero-order valence-electron chi connectivity index (χ0n) is 20.0. The van der Waals surface area contributed by atoms with E-state index in [-0.39, 0.29) is 29.2 Å². The van der Waals surface area contributed by atoms with Crippen LogP contribution < -0.4 is 16.0 Å². The second-order valence-electron chi connectivity index (χ2n) is 9.19. The summed E-state index contributed by atoms with van der Waals surface area (Å²) >= 11 is 0. The Morgan fingerprint density at radius 1 is 1.19 bits per heavy atom. The van der Waals surface area contributed by atoms with Crippen molar-refractivity contribution < 1.29 is 14.3 Å². The van der Waals surface area contributed by atoms with Gasteiger partial charge >= 0.3 is 0 Å². The molecule has 1 aliphatic carbocycles. The highest BCUT2D eigenvalue weighted by molar-refractivity contribution is 6.09. The van der Waals surface area contributed by atoms with Crippen LogP contribution in [0.4, 0.5) is 27.9 Å². The van der Waals surface area contributed by atoms with Gasteiger partial charge in [-0.3, -0.25) is 14.8 Å². The number of carbonyl (C=O) groups excluding carboxylic acids is 1. The van der Waals surface area contributed by atoms with Gasteiger partial charge in [-0.25, -0.2) is 9.37 Å². The van der Waals surface area contributed by atoms with Crippen LogP contribution in [-0.4, -0.2) is 47.3 Å². The monoisotopic (exact) mass is 501 g/mol. The Balaban J connectivity index is 1.37. The van der Waals surface area contributed by atoms with Crippen LogP contribution >= 0.6 is 0 Å². The number of hydrogen-bond acceptors (Lipinski definition) is 9. The third-order valence-corrected chi connectivity index (χ3v) is 6.62. The highest BCUT2D eigenvalue weighted by Crippen LogP contribution is 2.42. The van der Waals surface area contributed by atoms with Crippen molar-refractivity contribution in [1.82, 2.24) is 29.7 Å². The summed E-state index contributed by atoms with van der Waals surface area (Å²) in [4.78, 5) is 31.8. The van der Waals surface area contributed by atoms with E-state index in [0.29, 0.717) is 35.7 Å². The maximum atomic E-state index is 15.1. The largest absolute Gasteiger partial charge is 0.392 e. The molecule has 1 aliphatic heterocycles. The highest BCUT2D eigenvalue weighted by Gasteiger charge is 2.33. The van der Waals surface area contributed by atoms with Crippen molar-refractivity contribution in [2.75, 3.05) is 22.5 Å². The molecule has 1 saturated carbocycles. The van der Waals surface area contributed by atoms with Gasteiger partial charge in [0.15, 0.2) is 5.82 Å². The van der Waals surface area contributed by atoms with Crippen LogP contribution in [0.25, 0.3) is 11.4 Å². The summed E-state index contributed by atoms with van der Waals surface area (Å²) in [6.07, 6.45) is 4.15. The molecule has 2 aromatic heterocycles. The van der Waals surface area contributed by atoms with Crippen LogP contribution in [0, 0.1) is 5.82 Å². The van der Waals surface area contributed by atoms with E-state index in [0.717, 1.165) is 24.0 Å². The molecule has 6 rings (SSSR count). The van der Waals surface area contributed by atoms with Crippen molar-refractivity contribution in [2.24, 2.45) is 7.05 Å². The zero-order valence-corrected chi connectivity index (χ0v) is 20.0. The number of aliphatic hydroxyl groups is 1. The van der Waals surface area contributed by atoms with Gasteiger partial charge in [0.2, 0.25) is 17.8 Å². The van der Waals surface area contributed by atoms with E-state index < -0.39 is 18.3 Å². The molecule has 2 aromatic carbocycles. The van der Waals surface area contributed by atoms with Gasteiger partial charge < -0.3 is 15.7 Å². The molecule has 4 N–H and O–H groups in total. The summed E-state index contributed by atoms with van der Waals surface area (Å²) in [6, 6.07) is 8.62. The fourth-order valence-corrected chi connectivity index (χ4v) is 4.74. The Labute approximate surface area is 211 Å². The molecular formula is C25H24FN9O2. The topological polar surface area (TPSA) is 148 Å². The van der Waals surface area contributed by atoms with Gasteiger partial charge in [-0.1, -0.05) is 18.2 Å². The smallest absolute Gasteiger partial charge is 0.261 e. The van der Waals surface area contributed by atoms with Gasteiger partial charge in [0.25, 0.3) is 5.91 Å². The molecule has 1 amide bonds. The average Bonchev–Trinajstić information content (AvgIpc) is 3.65. The first kappa shape index (κ1) is 23.0. The van der Waals surface area contributed by atoms with Crippen LogP contribution in [-0.2, 0) is 20.1 Å². The molecule has 4 aromatic rings. The summed E-state index contributed by atoms with van der Waals surface area (Å²) in [6.45, 7) is -0.0469. The summed E-state index contributed by atoms with van der Waals surface area (Å²) in [5.41, 5.74) is 9.07. The third-order valence-electron chi connectivity index (χ3n) is 6.62. The molecule has 12 heteroatoms. The van der Waals surface area contributed by atoms with Gasteiger partial charge in [-0.15, -0.1) is 5.10 Å². The number of benzene rings is 2. The van der Waals surface area contributed by atoms with Crippen molar-refractivity contribution in [3.63, 3.8) is 0 Å². The molecule has 0 bridgehead atoms. The van der Waals surface area contributed by atoms with Crippen LogP contribution in [0.15, 0.2) is 36.7 Å². The number of rotatable bonds is 6. The second-order valence-corrected chi connectivity index (χ2v) is 9.19. The number of carbonyl (C=O) groups is 1. The number of anilines is 4. The van der Waals surface area contributed by atoms with Crippen LogP contribution in [0.5, 0.6) is 0 Å². The maximum absolute atomic E-state index is 15.1. The zero-order chi connectivity index (χ0) is 25.7. The Kier molecular flexibility index (Phi) is 5.52. The lowest BCUT2D eigenvalue weighted by Crippen LogP contribution is -2.39. The van der Waals surface area contributed by atoms with Gasteiger partial charge in [0, 0.05) is 24.7 Å². The molecular weight excluding hydrogens is 477 g/mol. The van der Waals surface area contributed by atoms with Gasteiger partial charge in [0.05, 0.1) is 17.9 Å². The van der Waals surface area contributed by atoms with Gasteiger partial charge in [-0.05, 0) is 48.4 Å². The standard InChI is InChI=1S/C25H24FN9O2/c1-34-12-28-24(33-34)32-25-30-21(29-23(27)31-25)16-3-2-4-19(17(16)11-36)35-8-7-14-9-15(13-5-6-13)10-18(26)20(14)22(35)37/h2-4,9-10,12-13,36H,5-8,11H2,1H3,(H3,27,29,30,31,32,33). The minimum atomic E-state index is -0.500. The molecule has 2 aliphatic rings. The minimum absolute atomic E-state index is 0.0470. The number of halogens is 1. The van der Waals surface area contributed by atoms with Crippen molar-refractivity contribution in [2.45, 2.75) is 31.8 Å². The third kappa shape index (κ3) is 4.25. The van der Waals surface area contributed by atoms with E-state index in [1.54, 1.807) is 25.2 Å². The lowest BCUT2D eigenvalue weighted by Gasteiger charge is -2.31. The number of amides is 1. The summed E-state index contributed by atoms with van der Waals surface area (Å²) < 4.78 is 16.6. The molecule has 0 spiro atoms. The van der Waals surface area contributed by atoms with Crippen molar-refractivity contribution in [3.8, 4) is 11.4 Å². The normalized spacial score (nSPS) is 15.1. The summed E-state index contributed by atoms with van der Waals surface area (Å²) in [5, 5.41) is 17.4. The number of nitrogens with zero attached hydrogens (tertiary/aromatic N) is 7. The summed E-state index contributed by atoms with van der Waals surface area (Å²) in [7, 11) is 1.72. The van der Waals surface area contributed by atoms with Gasteiger partial charge in [-0.2, -0.15) is 15.0 Å². The molecule has 11 nitrogen and oxygen atoms in total. The van der Waals surface area contributed by atoms with Crippen molar-refractivity contribution in [3.05, 3.63) is 64.7 Å². The lowest BCUT2D eigenvalue weighted by atomic mass is 9.93. The molecule has 0 atom stereocenters. The average molecular weight is 502 g/mol. The predicted octanol–water partition coefficient (Wildman–Crippen LogP) is 2.70. The van der Waals surface area contributed by atoms with E-state index in [1.165, 1.54) is 22.0 Å². The number of nitrogens with one attached hydrogen (secondary N) is 1. The maximum Gasteiger partial charge on any atom is 0.261 e. The predicted molar refractivity (Wildman–Crippen MR) is 134 cm³/mol. The van der Waals surface area contributed by atoms with Crippen molar-refractivity contribution in [1.29, 1.82) is 0 Å². The number of aromatic nitrogens is 6. The fourth-order valence-electron chi connectivity index (χ4n) is 4.74. The quantitative estimate of drug-likeness (QED) is 0.363. The van der Waals surface area contributed by atoms with Crippen LogP contribution in [0.2, 0.25) is 0 Å². The first-order chi connectivity index (χ1) is 17.9. The van der Waals surface area contributed by atoms with E-state index in [4.69, 9.17) is 5.73 Å². The highest BCUT2D eigenvalue weighted by atomic mass is 19.1. The number of aryl methyl sites for hydroxylation is 1. The number of fused-ring (bicyclic) bond motifs is 1. The molecule has 0 saturated heterocycles. The SMILES string of the molecule is Cn1cnc(Nc2nc(N)nc(-c3cccc(N4CCc5cc(C6CC6)cc(F)c5C4=O)c3CO)n2)n1. The second kappa shape index (κ2) is 8.89. The van der Waals surface area contributed by atoms with E-state index in [1.807, 2.05) is 6.07 Å². The molecule has 0 unspecified atom stereocenters. The Hall–Kier alpha value is -4.45. The first-order valence-corrected chi connectivity index (χ1v) is 11.9.